The van der Waals surface area contributed by atoms with Crippen molar-refractivity contribution in [1.82, 2.24) is 15.9 Å². The first-order chi connectivity index (χ1) is 17.1. The fourth-order valence-electron chi connectivity index (χ4n) is 4.32. The van der Waals surface area contributed by atoms with Gasteiger partial charge in [-0.3, -0.25) is 14.6 Å². The van der Waals surface area contributed by atoms with E-state index in [0.717, 1.165) is 54.7 Å². The van der Waals surface area contributed by atoms with Crippen LogP contribution in [0.5, 0.6) is 5.88 Å². The van der Waals surface area contributed by atoms with Crippen molar-refractivity contribution >= 4 is 29.1 Å². The van der Waals surface area contributed by atoms with Crippen molar-refractivity contribution in [2.45, 2.75) is 22.3 Å². The van der Waals surface area contributed by atoms with Gasteiger partial charge in [-0.1, -0.05) is 78.0 Å². The van der Waals surface area contributed by atoms with Gasteiger partial charge in [0.15, 0.2) is 0 Å². The predicted octanol–water partition coefficient (Wildman–Crippen LogP) is 5.08. The minimum atomic E-state index is -0.474. The van der Waals surface area contributed by atoms with Gasteiger partial charge in [0.05, 0.1) is 22.6 Å². The maximum Gasteiger partial charge on any atom is 0.277 e. The molecule has 1 aliphatic heterocycles. The van der Waals surface area contributed by atoms with Crippen LogP contribution in [0.25, 0.3) is 0 Å². The van der Waals surface area contributed by atoms with Crippen LogP contribution in [0.4, 0.5) is 5.69 Å². The molecule has 4 N–H and O–H groups in total. The van der Waals surface area contributed by atoms with E-state index < -0.39 is 11.6 Å². The van der Waals surface area contributed by atoms with Gasteiger partial charge < -0.3 is 20.9 Å². The monoisotopic (exact) mass is 523 g/mol. The molecule has 188 valence electrons. The quantitative estimate of drug-likeness (QED) is 0.365. The summed E-state index contributed by atoms with van der Waals surface area (Å²) in [4.78, 5) is 15.9. The zero-order valence-electron chi connectivity index (χ0n) is 19.7. The van der Waals surface area contributed by atoms with Crippen LogP contribution in [0.3, 0.4) is 0 Å². The number of benzene rings is 3. The summed E-state index contributed by atoms with van der Waals surface area (Å²) >= 11 is 7.37. The zero-order valence-corrected chi connectivity index (χ0v) is 21.3. The molecule has 0 aliphatic carbocycles. The van der Waals surface area contributed by atoms with Gasteiger partial charge in [0.1, 0.15) is 0 Å². The molecule has 7 nitrogen and oxygen atoms in total. The molecule has 2 heterocycles. The van der Waals surface area contributed by atoms with E-state index in [-0.39, 0.29) is 16.9 Å². The Hall–Kier alpha value is -3.17. The van der Waals surface area contributed by atoms with Crippen molar-refractivity contribution in [3.63, 3.8) is 0 Å². The lowest BCUT2D eigenvalue weighted by atomic mass is 9.98. The summed E-state index contributed by atoms with van der Waals surface area (Å²) in [5.74, 6) is -0.373. The summed E-state index contributed by atoms with van der Waals surface area (Å²) in [5.41, 5.74) is 2.50. The number of halogens is 1. The summed E-state index contributed by atoms with van der Waals surface area (Å²) < 4.78 is 7.00. The third-order valence-electron chi connectivity index (χ3n) is 6.06. The number of H-pyrrole nitrogens is 1. The van der Waals surface area contributed by atoms with Crippen molar-refractivity contribution in [1.29, 1.82) is 0 Å². The Morgan fingerprint density at radius 2 is 1.61 bits per heavy atom. The molecule has 1 aromatic heterocycles. The average molecular weight is 524 g/mol. The molecule has 1 atom stereocenters. The topological polar surface area (TPSA) is 108 Å². The van der Waals surface area contributed by atoms with Crippen molar-refractivity contribution in [3.8, 4) is 5.88 Å². The molecule has 1 aliphatic rings. The molecule has 1 saturated heterocycles. The molecule has 9 heteroatoms. The molecular weight excluding hydrogens is 496 g/mol. The lowest BCUT2D eigenvalue weighted by Gasteiger charge is -2.26. The standard InChI is InChI=1S/C27H26ClN3O3S.H3N/c28-22-9-4-5-10-23(22)35-25-26(32)29-31(27(25)33)24(19-7-2-1-3-8-19)20-11-13-21(14-12-20)30-15-6-17-34-18-16-30;/h1-5,7-14,24,33H,6,15-18H2,(H,29,32);1H3/p-1. The smallest absolute Gasteiger partial charge is 0.277 e. The lowest BCUT2D eigenvalue weighted by molar-refractivity contribution is -0.284. The summed E-state index contributed by atoms with van der Waals surface area (Å²) in [5, 5.41) is 16.8. The minimum Gasteiger partial charge on any atom is -0.858 e. The zero-order chi connectivity index (χ0) is 24.2. The molecule has 3 aromatic carbocycles. The highest BCUT2D eigenvalue weighted by molar-refractivity contribution is 7.99. The number of aromatic amines is 1. The minimum absolute atomic E-state index is 0. The van der Waals surface area contributed by atoms with Crippen LogP contribution >= 0.6 is 23.4 Å². The fourth-order valence-corrected chi connectivity index (χ4v) is 5.43. The second-order valence-electron chi connectivity index (χ2n) is 8.34. The van der Waals surface area contributed by atoms with Crippen molar-refractivity contribution < 1.29 is 9.84 Å². The first-order valence-corrected chi connectivity index (χ1v) is 12.7. The molecule has 5 rings (SSSR count). The Kier molecular flexibility index (Phi) is 8.43. The highest BCUT2D eigenvalue weighted by atomic mass is 35.5. The predicted molar refractivity (Wildman–Crippen MR) is 143 cm³/mol. The number of ether oxygens (including phenoxy) is 1. The highest BCUT2D eigenvalue weighted by Crippen LogP contribution is 2.37. The molecule has 0 saturated carbocycles. The van der Waals surface area contributed by atoms with Gasteiger partial charge in [0.2, 0.25) is 0 Å². The normalized spacial score (nSPS) is 14.6. The number of nitrogens with zero attached hydrogens (tertiary/aromatic N) is 2. The van der Waals surface area contributed by atoms with Gasteiger partial charge >= 0.3 is 0 Å². The van der Waals surface area contributed by atoms with E-state index in [2.05, 4.69) is 22.1 Å². The largest absolute Gasteiger partial charge is 0.858 e. The van der Waals surface area contributed by atoms with Crippen LogP contribution < -0.4 is 21.7 Å². The first-order valence-electron chi connectivity index (χ1n) is 11.5. The molecule has 0 amide bonds. The number of aromatic nitrogens is 2. The van der Waals surface area contributed by atoms with Crippen molar-refractivity contribution in [3.05, 3.63) is 105 Å². The van der Waals surface area contributed by atoms with Crippen LogP contribution in [-0.4, -0.2) is 36.1 Å². The van der Waals surface area contributed by atoms with Crippen LogP contribution in [0, 0.1) is 0 Å². The SMILES string of the molecule is N.O=c1[nH]n(C(c2ccccc2)c2ccc(N3CCCOCC3)cc2)c([O-])c1Sc1ccccc1Cl. The van der Waals surface area contributed by atoms with Crippen LogP contribution in [0.2, 0.25) is 5.02 Å². The number of rotatable bonds is 6. The van der Waals surface area contributed by atoms with Crippen LogP contribution in [0.15, 0.2) is 93.4 Å². The molecule has 0 bridgehead atoms. The molecule has 0 radical (unpaired) electrons. The number of hydrogen-bond donors (Lipinski definition) is 2. The molecule has 1 fully saturated rings. The molecule has 4 aromatic rings. The maximum absolute atomic E-state index is 13.5. The average Bonchev–Trinajstić information content (AvgIpc) is 3.06. The Morgan fingerprint density at radius 1 is 0.917 bits per heavy atom. The molecule has 1 unspecified atom stereocenters. The summed E-state index contributed by atoms with van der Waals surface area (Å²) in [6.07, 6.45) is 0.990. The molecule has 0 spiro atoms. The van der Waals surface area contributed by atoms with E-state index in [0.29, 0.717) is 16.5 Å². The van der Waals surface area contributed by atoms with Crippen LogP contribution in [0.1, 0.15) is 23.6 Å². The Bertz CT molecular complexity index is 1330. The fraction of sp³-hybridized carbons (Fsp3) is 0.222. The lowest BCUT2D eigenvalue weighted by Crippen LogP contribution is -2.25. The maximum atomic E-state index is 13.5. The second-order valence-corrected chi connectivity index (χ2v) is 9.79. The van der Waals surface area contributed by atoms with Crippen molar-refractivity contribution in [2.24, 2.45) is 0 Å². The van der Waals surface area contributed by atoms with E-state index >= 15 is 0 Å². The first kappa shape index (κ1) is 25.9. The summed E-state index contributed by atoms with van der Waals surface area (Å²) in [6, 6.07) is 24.6. The van der Waals surface area contributed by atoms with Gasteiger partial charge in [0, 0.05) is 36.2 Å². The molecule has 36 heavy (non-hydrogen) atoms. The second kappa shape index (κ2) is 11.7. The highest BCUT2D eigenvalue weighted by Gasteiger charge is 2.21. The van der Waals surface area contributed by atoms with E-state index in [4.69, 9.17) is 16.3 Å². The summed E-state index contributed by atoms with van der Waals surface area (Å²) in [7, 11) is 0. The number of anilines is 1. The van der Waals surface area contributed by atoms with Gasteiger partial charge in [-0.05, 0) is 41.8 Å². The Morgan fingerprint density at radius 3 is 2.36 bits per heavy atom. The van der Waals surface area contributed by atoms with E-state index in [1.165, 1.54) is 4.68 Å². The summed E-state index contributed by atoms with van der Waals surface area (Å²) in [6.45, 7) is 3.29. The third kappa shape index (κ3) is 5.47. The van der Waals surface area contributed by atoms with Gasteiger partial charge in [-0.15, -0.1) is 0 Å². The number of nitrogens with one attached hydrogen (secondary N) is 1. The van der Waals surface area contributed by atoms with E-state index in [9.17, 15) is 9.90 Å². The van der Waals surface area contributed by atoms with Crippen LogP contribution in [-0.2, 0) is 4.74 Å². The Labute approximate surface area is 219 Å². The molecular formula is C27H28ClN4O3S-. The van der Waals surface area contributed by atoms with E-state index in [1.54, 1.807) is 12.1 Å². The third-order valence-corrected chi connectivity index (χ3v) is 7.64. The number of hydrogen-bond acceptors (Lipinski definition) is 6. The van der Waals surface area contributed by atoms with Gasteiger partial charge in [-0.25, -0.2) is 0 Å². The van der Waals surface area contributed by atoms with Gasteiger partial charge in [0.25, 0.3) is 5.56 Å². The van der Waals surface area contributed by atoms with Gasteiger partial charge in [-0.2, -0.15) is 0 Å². The van der Waals surface area contributed by atoms with E-state index in [1.807, 2.05) is 54.6 Å². The van der Waals surface area contributed by atoms with Crippen molar-refractivity contribution in [2.75, 3.05) is 31.2 Å². The Balaban J connectivity index is 0.00000304.